The molecule has 112 valence electrons. The highest BCUT2D eigenvalue weighted by Gasteiger charge is 2.21. The Bertz CT molecular complexity index is 799. The van der Waals surface area contributed by atoms with Crippen molar-refractivity contribution >= 4 is 22.9 Å². The van der Waals surface area contributed by atoms with Crippen LogP contribution in [0.25, 0.3) is 22.4 Å². The summed E-state index contributed by atoms with van der Waals surface area (Å²) in [5, 5.41) is 2.83. The lowest BCUT2D eigenvalue weighted by molar-refractivity contribution is -0.123. The van der Waals surface area contributed by atoms with Crippen molar-refractivity contribution in [1.29, 1.82) is 0 Å². The minimum atomic E-state index is -0.466. The average Bonchev–Trinajstić information content (AvgIpc) is 2.90. The first-order chi connectivity index (χ1) is 10.4. The summed E-state index contributed by atoms with van der Waals surface area (Å²) in [6.07, 6.45) is 4.96. The molecule has 0 atom stereocenters. The van der Waals surface area contributed by atoms with Gasteiger partial charge in [-0.15, -0.1) is 0 Å². The molecule has 3 aromatic heterocycles. The first-order valence-corrected chi connectivity index (χ1v) is 7.01. The Labute approximate surface area is 128 Å². The third-order valence-electron chi connectivity index (χ3n) is 3.25. The van der Waals surface area contributed by atoms with Gasteiger partial charge in [0.2, 0.25) is 5.91 Å². The number of carbonyl (C=O) groups excluding carboxylic acids is 1. The van der Waals surface area contributed by atoms with E-state index < -0.39 is 5.41 Å². The lowest BCUT2D eigenvalue weighted by Gasteiger charge is -2.17. The molecule has 0 saturated heterocycles. The van der Waals surface area contributed by atoms with Gasteiger partial charge in [-0.3, -0.25) is 9.78 Å². The molecule has 0 aliphatic carbocycles. The van der Waals surface area contributed by atoms with Gasteiger partial charge in [0.1, 0.15) is 11.3 Å². The van der Waals surface area contributed by atoms with Crippen LogP contribution in [0.2, 0.25) is 0 Å². The number of H-pyrrole nitrogens is 1. The molecule has 0 spiro atoms. The van der Waals surface area contributed by atoms with Crippen LogP contribution in [0.1, 0.15) is 20.8 Å². The number of anilines is 1. The van der Waals surface area contributed by atoms with Gasteiger partial charge < -0.3 is 10.3 Å². The number of pyridine rings is 1. The fraction of sp³-hybridized carbons (Fsp3) is 0.250. The van der Waals surface area contributed by atoms with Gasteiger partial charge in [-0.2, -0.15) is 0 Å². The number of aromatic nitrogens is 4. The summed E-state index contributed by atoms with van der Waals surface area (Å²) in [6, 6.07) is 5.62. The van der Waals surface area contributed by atoms with E-state index in [1.165, 1.54) is 0 Å². The fourth-order valence-electron chi connectivity index (χ4n) is 1.98. The second-order valence-electron chi connectivity index (χ2n) is 6.11. The Morgan fingerprint density at radius 2 is 1.86 bits per heavy atom. The van der Waals surface area contributed by atoms with Crippen LogP contribution in [0.5, 0.6) is 0 Å². The molecule has 0 saturated carbocycles. The van der Waals surface area contributed by atoms with E-state index in [0.29, 0.717) is 5.82 Å². The van der Waals surface area contributed by atoms with E-state index in [0.717, 1.165) is 22.4 Å². The lowest BCUT2D eigenvalue weighted by Crippen LogP contribution is -2.27. The second kappa shape index (κ2) is 5.22. The number of amides is 1. The molecule has 0 aliphatic rings. The summed E-state index contributed by atoms with van der Waals surface area (Å²) in [5.41, 5.74) is 2.87. The number of hydrogen-bond donors (Lipinski definition) is 2. The highest BCUT2D eigenvalue weighted by molar-refractivity contribution is 5.94. The van der Waals surface area contributed by atoms with E-state index in [2.05, 4.69) is 25.3 Å². The molecule has 6 heteroatoms. The molecule has 0 unspecified atom stereocenters. The number of aromatic amines is 1. The zero-order valence-corrected chi connectivity index (χ0v) is 12.7. The molecule has 3 heterocycles. The maximum absolute atomic E-state index is 12.0. The highest BCUT2D eigenvalue weighted by atomic mass is 16.2. The number of nitrogens with zero attached hydrogens (tertiary/aromatic N) is 3. The quantitative estimate of drug-likeness (QED) is 0.761. The molecule has 22 heavy (non-hydrogen) atoms. The van der Waals surface area contributed by atoms with Crippen LogP contribution in [0.15, 0.2) is 36.8 Å². The van der Waals surface area contributed by atoms with Crippen molar-refractivity contribution in [3.05, 3.63) is 36.8 Å². The summed E-state index contributed by atoms with van der Waals surface area (Å²) < 4.78 is 0. The maximum Gasteiger partial charge on any atom is 0.230 e. The summed E-state index contributed by atoms with van der Waals surface area (Å²) >= 11 is 0. The molecular weight excluding hydrogens is 278 g/mol. The van der Waals surface area contributed by atoms with E-state index in [9.17, 15) is 4.79 Å². The molecule has 0 bridgehead atoms. The second-order valence-corrected chi connectivity index (χ2v) is 6.11. The van der Waals surface area contributed by atoms with Gasteiger partial charge in [0.25, 0.3) is 0 Å². The van der Waals surface area contributed by atoms with E-state index >= 15 is 0 Å². The van der Waals surface area contributed by atoms with Crippen molar-refractivity contribution in [2.45, 2.75) is 20.8 Å². The summed E-state index contributed by atoms with van der Waals surface area (Å²) in [4.78, 5) is 27.9. The standard InChI is InChI=1S/C16H17N5O/c1-16(2,3)15(22)21-13-8-10(4-5-18-13)11-9-12-14(20-11)19-7-6-17-12/h4-9H,1-3H3,(H,19,20)(H,18,21,22). The molecule has 1 amide bonds. The topological polar surface area (TPSA) is 83.6 Å². The third kappa shape index (κ3) is 2.81. The predicted molar refractivity (Wildman–Crippen MR) is 85.2 cm³/mol. The maximum atomic E-state index is 12.0. The fourth-order valence-corrected chi connectivity index (χ4v) is 1.98. The Morgan fingerprint density at radius 1 is 1.09 bits per heavy atom. The molecule has 6 nitrogen and oxygen atoms in total. The lowest BCUT2D eigenvalue weighted by atomic mass is 9.96. The van der Waals surface area contributed by atoms with Crippen LogP contribution >= 0.6 is 0 Å². The third-order valence-corrected chi connectivity index (χ3v) is 3.25. The van der Waals surface area contributed by atoms with E-state index in [1.807, 2.05) is 39.0 Å². The molecule has 0 aromatic carbocycles. The summed E-state index contributed by atoms with van der Waals surface area (Å²) in [6.45, 7) is 5.59. The molecule has 0 aliphatic heterocycles. The number of rotatable bonds is 2. The molecular formula is C16H17N5O. The van der Waals surface area contributed by atoms with Gasteiger partial charge in [-0.05, 0) is 18.2 Å². The van der Waals surface area contributed by atoms with E-state index in [4.69, 9.17) is 0 Å². The largest absolute Gasteiger partial charge is 0.338 e. The van der Waals surface area contributed by atoms with Gasteiger partial charge in [0.15, 0.2) is 5.65 Å². The van der Waals surface area contributed by atoms with Crippen LogP contribution in [0, 0.1) is 5.41 Å². The van der Waals surface area contributed by atoms with Crippen LogP contribution < -0.4 is 5.32 Å². The molecule has 0 fully saturated rings. The van der Waals surface area contributed by atoms with Crippen LogP contribution in [-0.2, 0) is 4.79 Å². The molecule has 3 rings (SSSR count). The number of nitrogens with one attached hydrogen (secondary N) is 2. The Morgan fingerprint density at radius 3 is 2.59 bits per heavy atom. The number of carbonyl (C=O) groups is 1. The predicted octanol–water partition coefficient (Wildman–Crippen LogP) is 3.00. The van der Waals surface area contributed by atoms with Crippen LogP contribution in [0.4, 0.5) is 5.82 Å². The summed E-state index contributed by atoms with van der Waals surface area (Å²) in [5.74, 6) is 0.453. The van der Waals surface area contributed by atoms with E-state index in [-0.39, 0.29) is 5.91 Å². The first-order valence-electron chi connectivity index (χ1n) is 7.01. The van der Waals surface area contributed by atoms with E-state index in [1.54, 1.807) is 18.6 Å². The molecule has 2 N–H and O–H groups in total. The van der Waals surface area contributed by atoms with Crippen molar-refractivity contribution in [3.63, 3.8) is 0 Å². The SMILES string of the molecule is CC(C)(C)C(=O)Nc1cc(-c2cc3nccnc3[nH]2)ccn1. The van der Waals surface area contributed by atoms with Gasteiger partial charge in [0.05, 0.1) is 0 Å². The van der Waals surface area contributed by atoms with Gasteiger partial charge in [-0.1, -0.05) is 20.8 Å². The smallest absolute Gasteiger partial charge is 0.230 e. The number of fused-ring (bicyclic) bond motifs is 1. The van der Waals surface area contributed by atoms with Crippen molar-refractivity contribution in [1.82, 2.24) is 19.9 Å². The first kappa shape index (κ1) is 14.2. The van der Waals surface area contributed by atoms with Crippen LogP contribution in [-0.4, -0.2) is 25.8 Å². The van der Waals surface area contributed by atoms with Crippen molar-refractivity contribution in [2.24, 2.45) is 5.41 Å². The zero-order valence-electron chi connectivity index (χ0n) is 12.7. The van der Waals surface area contributed by atoms with Gasteiger partial charge in [0, 0.05) is 35.3 Å². The van der Waals surface area contributed by atoms with Crippen molar-refractivity contribution in [3.8, 4) is 11.3 Å². The van der Waals surface area contributed by atoms with Crippen LogP contribution in [0.3, 0.4) is 0 Å². The summed E-state index contributed by atoms with van der Waals surface area (Å²) in [7, 11) is 0. The van der Waals surface area contributed by atoms with Gasteiger partial charge in [-0.25, -0.2) is 9.97 Å². The monoisotopic (exact) mass is 295 g/mol. The van der Waals surface area contributed by atoms with Gasteiger partial charge >= 0.3 is 0 Å². The minimum absolute atomic E-state index is 0.0721. The highest BCUT2D eigenvalue weighted by Crippen LogP contribution is 2.24. The molecule has 3 aromatic rings. The Kier molecular flexibility index (Phi) is 3.36. The normalized spacial score (nSPS) is 11.6. The Balaban J connectivity index is 1.92. The average molecular weight is 295 g/mol. The zero-order chi connectivity index (χ0) is 15.7. The molecule has 0 radical (unpaired) electrons. The van der Waals surface area contributed by atoms with Crippen molar-refractivity contribution < 1.29 is 4.79 Å². The Hall–Kier alpha value is -2.76. The minimum Gasteiger partial charge on any atom is -0.338 e. The van der Waals surface area contributed by atoms with Crippen molar-refractivity contribution in [2.75, 3.05) is 5.32 Å². The number of hydrogen-bond acceptors (Lipinski definition) is 4.